The Labute approximate surface area is 257 Å². The van der Waals surface area contributed by atoms with Gasteiger partial charge in [0.15, 0.2) is 0 Å². The molecule has 0 fully saturated rings. The summed E-state index contributed by atoms with van der Waals surface area (Å²) in [6.07, 6.45) is 0. The molecule has 1 N–H and O–H groups in total. The molecule has 1 atom stereocenters. The number of nitrogens with zero attached hydrogens (tertiary/aromatic N) is 3. The van der Waals surface area contributed by atoms with Gasteiger partial charge in [-0.25, -0.2) is 8.42 Å². The summed E-state index contributed by atoms with van der Waals surface area (Å²) in [6, 6.07) is 15.5. The van der Waals surface area contributed by atoms with Crippen molar-refractivity contribution >= 4 is 33.2 Å². The van der Waals surface area contributed by atoms with Crippen LogP contribution in [0.3, 0.4) is 0 Å². The third-order valence-corrected chi connectivity index (χ3v) is 8.55. The van der Waals surface area contributed by atoms with E-state index in [0.717, 1.165) is 10.4 Å². The third-order valence-electron chi connectivity index (χ3n) is 6.78. The molecule has 3 rings (SSSR count). The smallest absolute Gasteiger partial charge is 0.273 e. The number of aryl methyl sites for hydroxylation is 1. The molecular formula is C31H38N4O8S. The number of benzene rings is 3. The minimum Gasteiger partial charge on any atom is -0.497 e. The van der Waals surface area contributed by atoms with E-state index >= 15 is 0 Å². The summed E-state index contributed by atoms with van der Waals surface area (Å²) < 4.78 is 39.4. The van der Waals surface area contributed by atoms with Gasteiger partial charge in [-0.1, -0.05) is 18.2 Å². The van der Waals surface area contributed by atoms with Crippen LogP contribution in [0, 0.1) is 17.0 Å². The second kappa shape index (κ2) is 13.8. The van der Waals surface area contributed by atoms with Crippen LogP contribution in [0.15, 0.2) is 71.6 Å². The monoisotopic (exact) mass is 626 g/mol. The highest BCUT2D eigenvalue weighted by Gasteiger charge is 2.34. The zero-order valence-corrected chi connectivity index (χ0v) is 26.7. The maximum Gasteiger partial charge on any atom is 0.273 e. The number of methoxy groups -OCH3 is 2. The quantitative estimate of drug-likeness (QED) is 0.229. The molecule has 1 unspecified atom stereocenters. The number of carbonyl (C=O) groups is 2. The minimum atomic E-state index is -4.51. The van der Waals surface area contributed by atoms with Crippen molar-refractivity contribution in [3.63, 3.8) is 0 Å². The first-order chi connectivity index (χ1) is 20.6. The van der Waals surface area contributed by atoms with E-state index < -0.39 is 44.9 Å². The highest BCUT2D eigenvalue weighted by atomic mass is 32.2. The van der Waals surface area contributed by atoms with E-state index in [4.69, 9.17) is 9.47 Å². The van der Waals surface area contributed by atoms with Crippen LogP contribution in [0.4, 0.5) is 11.4 Å². The lowest BCUT2D eigenvalue weighted by molar-refractivity contribution is -0.385. The topological polar surface area (TPSA) is 148 Å². The summed E-state index contributed by atoms with van der Waals surface area (Å²) in [4.78, 5) is 39.2. The molecule has 0 radical (unpaired) electrons. The molecule has 13 heteroatoms. The van der Waals surface area contributed by atoms with E-state index in [0.29, 0.717) is 17.1 Å². The lowest BCUT2D eigenvalue weighted by atomic mass is 10.1. The van der Waals surface area contributed by atoms with Gasteiger partial charge in [-0.15, -0.1) is 0 Å². The molecule has 3 aromatic rings. The number of sulfonamides is 1. The van der Waals surface area contributed by atoms with Crippen LogP contribution in [0.5, 0.6) is 11.5 Å². The molecule has 0 aliphatic rings. The molecule has 12 nitrogen and oxygen atoms in total. The van der Waals surface area contributed by atoms with Gasteiger partial charge in [0.05, 0.1) is 29.7 Å². The minimum absolute atomic E-state index is 0.00589. The van der Waals surface area contributed by atoms with Crippen molar-refractivity contribution in [1.29, 1.82) is 0 Å². The molecule has 3 aromatic carbocycles. The number of anilines is 1. The second-order valence-electron chi connectivity index (χ2n) is 11.2. The molecule has 236 valence electrons. The third kappa shape index (κ3) is 8.25. The lowest BCUT2D eigenvalue weighted by Gasteiger charge is -2.33. The van der Waals surface area contributed by atoms with Crippen LogP contribution < -0.4 is 19.1 Å². The van der Waals surface area contributed by atoms with E-state index in [1.165, 1.54) is 62.4 Å². The number of rotatable bonds is 12. The zero-order valence-electron chi connectivity index (χ0n) is 25.9. The van der Waals surface area contributed by atoms with Gasteiger partial charge in [-0.3, -0.25) is 24.0 Å². The summed E-state index contributed by atoms with van der Waals surface area (Å²) in [5.41, 5.74) is 0.130. The van der Waals surface area contributed by atoms with Gasteiger partial charge < -0.3 is 19.7 Å². The number of carbonyl (C=O) groups excluding carboxylic acids is 2. The molecular weight excluding hydrogens is 588 g/mol. The number of nitro benzene ring substituents is 1. The highest BCUT2D eigenvalue weighted by Crippen LogP contribution is 2.29. The molecule has 0 aliphatic heterocycles. The van der Waals surface area contributed by atoms with Crippen molar-refractivity contribution in [2.45, 2.75) is 57.6 Å². The van der Waals surface area contributed by atoms with Crippen molar-refractivity contribution < 1.29 is 32.4 Å². The Bertz CT molecular complexity index is 1600. The molecule has 0 heterocycles. The normalized spacial score (nSPS) is 12.2. The predicted octanol–water partition coefficient (Wildman–Crippen LogP) is 4.45. The Morgan fingerprint density at radius 2 is 1.50 bits per heavy atom. The lowest BCUT2D eigenvalue weighted by Crippen LogP contribution is -2.54. The number of ether oxygens (including phenoxy) is 2. The molecule has 0 spiro atoms. The second-order valence-corrected chi connectivity index (χ2v) is 13.1. The molecule has 0 saturated heterocycles. The maximum atomic E-state index is 14.1. The fraction of sp³-hybridized carbons (Fsp3) is 0.355. The average molecular weight is 627 g/mol. The Kier molecular flexibility index (Phi) is 10.6. The number of nitrogens with one attached hydrogen (secondary N) is 1. The fourth-order valence-corrected chi connectivity index (χ4v) is 5.77. The van der Waals surface area contributed by atoms with E-state index in [-0.39, 0.29) is 28.4 Å². The highest BCUT2D eigenvalue weighted by molar-refractivity contribution is 7.92. The number of hydrogen-bond donors (Lipinski definition) is 1. The van der Waals surface area contributed by atoms with E-state index in [1.807, 2.05) is 20.8 Å². The average Bonchev–Trinajstić information content (AvgIpc) is 2.97. The Balaban J connectivity index is 2.09. The van der Waals surface area contributed by atoms with Gasteiger partial charge in [-0.2, -0.15) is 0 Å². The standard InChI is InChI=1S/C31H38N4O8S/c1-21-8-17-27(18-28(21)35(38)39)44(40,41)34(24-11-15-26(43-7)16-12-24)20-29(36)33(22(2)30(37)32-31(3,4)5)19-23-9-13-25(42-6)14-10-23/h8-18,22H,19-20H2,1-7H3,(H,32,37). The van der Waals surface area contributed by atoms with Gasteiger partial charge in [0, 0.05) is 23.7 Å². The predicted molar refractivity (Wildman–Crippen MR) is 166 cm³/mol. The van der Waals surface area contributed by atoms with Crippen LogP contribution >= 0.6 is 0 Å². The molecule has 0 saturated carbocycles. The van der Waals surface area contributed by atoms with Gasteiger partial charge >= 0.3 is 0 Å². The van der Waals surface area contributed by atoms with Crippen molar-refractivity contribution in [3.8, 4) is 11.5 Å². The number of amides is 2. The Hall–Kier alpha value is -4.65. The van der Waals surface area contributed by atoms with Crippen molar-refractivity contribution in [1.82, 2.24) is 10.2 Å². The van der Waals surface area contributed by atoms with Crippen LogP contribution in [0.1, 0.15) is 38.8 Å². The van der Waals surface area contributed by atoms with Gasteiger partial charge in [-0.05, 0) is 82.6 Å². The van der Waals surface area contributed by atoms with Crippen molar-refractivity contribution in [2.75, 3.05) is 25.1 Å². The van der Waals surface area contributed by atoms with Crippen LogP contribution in [-0.4, -0.2) is 62.4 Å². The Morgan fingerprint density at radius 1 is 0.955 bits per heavy atom. The molecule has 2 amide bonds. The van der Waals surface area contributed by atoms with Crippen molar-refractivity contribution in [2.24, 2.45) is 0 Å². The zero-order chi connectivity index (χ0) is 32.8. The van der Waals surface area contributed by atoms with Crippen molar-refractivity contribution in [3.05, 3.63) is 88.0 Å². The summed E-state index contributed by atoms with van der Waals surface area (Å²) in [5, 5.41) is 14.5. The van der Waals surface area contributed by atoms with E-state index in [9.17, 15) is 28.1 Å². The van der Waals surface area contributed by atoms with Gasteiger partial charge in [0.25, 0.3) is 15.7 Å². The maximum absolute atomic E-state index is 14.1. The first-order valence-corrected chi connectivity index (χ1v) is 15.2. The summed E-state index contributed by atoms with van der Waals surface area (Å²) in [6.45, 7) is 7.80. The first kappa shape index (κ1) is 33.8. The van der Waals surface area contributed by atoms with Crippen LogP contribution in [0.25, 0.3) is 0 Å². The first-order valence-electron chi connectivity index (χ1n) is 13.7. The van der Waals surface area contributed by atoms with Gasteiger partial charge in [0.1, 0.15) is 24.1 Å². The van der Waals surface area contributed by atoms with Crippen LogP contribution in [-0.2, 0) is 26.2 Å². The Morgan fingerprint density at radius 3 is 2.00 bits per heavy atom. The summed E-state index contributed by atoms with van der Waals surface area (Å²) in [7, 11) is -1.52. The molecule has 0 bridgehead atoms. The van der Waals surface area contributed by atoms with Gasteiger partial charge in [0.2, 0.25) is 11.8 Å². The molecule has 44 heavy (non-hydrogen) atoms. The fourth-order valence-electron chi connectivity index (χ4n) is 4.34. The van der Waals surface area contributed by atoms with E-state index in [1.54, 1.807) is 31.2 Å². The number of hydrogen-bond acceptors (Lipinski definition) is 8. The SMILES string of the molecule is COc1ccc(CN(C(=O)CN(c2ccc(OC)cc2)S(=O)(=O)c2ccc(C)c([N+](=O)[O-])c2)C(C)C(=O)NC(C)(C)C)cc1. The van der Waals surface area contributed by atoms with Crippen LogP contribution in [0.2, 0.25) is 0 Å². The summed E-state index contributed by atoms with van der Waals surface area (Å²) in [5.74, 6) is -0.0307. The number of nitro groups is 1. The largest absolute Gasteiger partial charge is 0.497 e. The molecule has 0 aromatic heterocycles. The summed E-state index contributed by atoms with van der Waals surface area (Å²) >= 11 is 0. The molecule has 0 aliphatic carbocycles. The van der Waals surface area contributed by atoms with E-state index in [2.05, 4.69) is 5.32 Å².